The number of hydrogen-bond donors (Lipinski definition) is 2. The summed E-state index contributed by atoms with van der Waals surface area (Å²) < 4.78 is 28.7. The van der Waals surface area contributed by atoms with E-state index in [1.807, 2.05) is 13.8 Å². The Morgan fingerprint density at radius 1 is 0.889 bits per heavy atom. The van der Waals surface area contributed by atoms with E-state index in [0.29, 0.717) is 19.6 Å². The summed E-state index contributed by atoms with van der Waals surface area (Å²) in [6.45, 7) is 3.87. The van der Waals surface area contributed by atoms with Crippen molar-refractivity contribution in [3.63, 3.8) is 0 Å². The maximum Gasteiger partial charge on any atom is 0.163 e. The summed E-state index contributed by atoms with van der Waals surface area (Å²) in [5.41, 5.74) is 0.787. The van der Waals surface area contributed by atoms with E-state index in [2.05, 4.69) is 25.3 Å². The summed E-state index contributed by atoms with van der Waals surface area (Å²) in [7, 11) is 0. The highest BCUT2D eigenvalue weighted by atomic mass is 32.2. The zero-order chi connectivity index (χ0) is 13.3. The Bertz CT molecular complexity index is 535. The third-order valence-electron chi connectivity index (χ3n) is 3.76. The van der Waals surface area contributed by atoms with E-state index in [9.17, 15) is 8.78 Å². The zero-order valence-electron chi connectivity index (χ0n) is 9.62. The quantitative estimate of drug-likeness (QED) is 0.603. The first-order valence-corrected chi connectivity index (χ1v) is 7.82. The van der Waals surface area contributed by atoms with Crippen LogP contribution < -0.4 is 0 Å². The standard InChI is InChI=1S/C12H10F2S4/c1-11-5(3-7(15)17-11)9(13)10(14)6-4-8(16)18-12(6,11)2/h3-4,15-16H,1-2H3. The molecule has 0 bridgehead atoms. The normalized spacial score (nSPS) is 38.8. The van der Waals surface area contributed by atoms with Crippen molar-refractivity contribution in [1.29, 1.82) is 0 Å². The van der Waals surface area contributed by atoms with Crippen LogP contribution in [0.4, 0.5) is 8.78 Å². The minimum Gasteiger partial charge on any atom is -0.203 e. The van der Waals surface area contributed by atoms with Crippen molar-refractivity contribution in [2.75, 3.05) is 0 Å². The van der Waals surface area contributed by atoms with E-state index in [4.69, 9.17) is 0 Å². The van der Waals surface area contributed by atoms with Crippen LogP contribution in [0.2, 0.25) is 0 Å². The number of thiol groups is 2. The molecule has 0 saturated heterocycles. The van der Waals surface area contributed by atoms with Crippen LogP contribution in [0, 0.1) is 0 Å². The lowest BCUT2D eigenvalue weighted by atomic mass is 9.77. The van der Waals surface area contributed by atoms with E-state index in [0.717, 1.165) is 0 Å². The first-order valence-electron chi connectivity index (χ1n) is 5.30. The molecule has 0 N–H and O–H groups in total. The highest BCUT2D eigenvalue weighted by molar-refractivity contribution is 8.19. The van der Waals surface area contributed by atoms with E-state index in [-0.39, 0.29) is 0 Å². The molecular formula is C12H10F2S4. The third kappa shape index (κ3) is 1.43. The number of rotatable bonds is 0. The number of hydrogen-bond acceptors (Lipinski definition) is 4. The largest absolute Gasteiger partial charge is 0.203 e. The van der Waals surface area contributed by atoms with Crippen LogP contribution in [-0.4, -0.2) is 9.49 Å². The van der Waals surface area contributed by atoms with E-state index in [1.165, 1.54) is 23.5 Å². The van der Waals surface area contributed by atoms with Crippen molar-refractivity contribution in [2.45, 2.75) is 23.3 Å². The van der Waals surface area contributed by atoms with Gasteiger partial charge in [-0.1, -0.05) is 0 Å². The number of thioether (sulfide) groups is 2. The van der Waals surface area contributed by atoms with Gasteiger partial charge in [0.05, 0.1) is 9.49 Å². The number of halogens is 2. The van der Waals surface area contributed by atoms with Crippen LogP contribution in [0.1, 0.15) is 13.8 Å². The molecule has 2 aliphatic heterocycles. The second kappa shape index (κ2) is 3.87. The van der Waals surface area contributed by atoms with Gasteiger partial charge in [-0.05, 0) is 26.0 Å². The molecule has 96 valence electrons. The molecule has 0 aromatic heterocycles. The van der Waals surface area contributed by atoms with Gasteiger partial charge in [0.15, 0.2) is 11.7 Å². The van der Waals surface area contributed by atoms with Gasteiger partial charge in [-0.25, -0.2) is 8.78 Å². The lowest BCUT2D eigenvalue weighted by Gasteiger charge is -2.44. The summed E-state index contributed by atoms with van der Waals surface area (Å²) in [6, 6.07) is 0. The topological polar surface area (TPSA) is 0 Å². The molecule has 0 aromatic rings. The van der Waals surface area contributed by atoms with Gasteiger partial charge in [0.2, 0.25) is 0 Å². The molecular weight excluding hydrogens is 310 g/mol. The van der Waals surface area contributed by atoms with Gasteiger partial charge in [-0.2, -0.15) is 0 Å². The molecule has 3 aliphatic rings. The van der Waals surface area contributed by atoms with Crippen LogP contribution >= 0.6 is 48.8 Å². The first-order chi connectivity index (χ1) is 8.29. The van der Waals surface area contributed by atoms with Gasteiger partial charge in [0, 0.05) is 19.6 Å². The molecule has 2 heterocycles. The summed E-state index contributed by atoms with van der Waals surface area (Å²) in [5, 5.41) is 0. The number of fused-ring (bicyclic) bond motifs is 3. The van der Waals surface area contributed by atoms with Gasteiger partial charge >= 0.3 is 0 Å². The van der Waals surface area contributed by atoms with Crippen LogP contribution in [-0.2, 0) is 0 Å². The minimum absolute atomic E-state index is 0.394. The summed E-state index contributed by atoms with van der Waals surface area (Å²) in [5.74, 6) is -1.53. The fraction of sp³-hybridized carbons (Fsp3) is 0.333. The summed E-state index contributed by atoms with van der Waals surface area (Å²) >= 11 is 11.5. The molecule has 0 fully saturated rings. The van der Waals surface area contributed by atoms with E-state index < -0.39 is 21.1 Å². The molecule has 18 heavy (non-hydrogen) atoms. The van der Waals surface area contributed by atoms with Gasteiger partial charge in [-0.15, -0.1) is 48.8 Å². The molecule has 6 heteroatoms. The average Bonchev–Trinajstić information content (AvgIpc) is 2.75. The smallest absolute Gasteiger partial charge is 0.163 e. The lowest BCUT2D eigenvalue weighted by Crippen LogP contribution is -2.47. The number of allylic oxidation sites excluding steroid dienone is 4. The fourth-order valence-corrected chi connectivity index (χ4v) is 6.52. The molecule has 0 nitrogen and oxygen atoms in total. The maximum absolute atomic E-state index is 14.2. The molecule has 2 unspecified atom stereocenters. The maximum atomic E-state index is 14.2. The van der Waals surface area contributed by atoms with Crippen molar-refractivity contribution >= 4 is 48.8 Å². The minimum atomic E-state index is -0.763. The Labute approximate surface area is 124 Å². The van der Waals surface area contributed by atoms with Crippen molar-refractivity contribution < 1.29 is 8.78 Å². The van der Waals surface area contributed by atoms with Gasteiger partial charge in [0.1, 0.15) is 0 Å². The first kappa shape index (κ1) is 13.2. The summed E-state index contributed by atoms with van der Waals surface area (Å²) in [4.78, 5) is 0. The molecule has 3 rings (SSSR count). The molecule has 0 radical (unpaired) electrons. The molecule has 0 saturated carbocycles. The molecule has 1 aliphatic carbocycles. The monoisotopic (exact) mass is 320 g/mol. The Morgan fingerprint density at radius 3 is 1.56 bits per heavy atom. The predicted octanol–water partition coefficient (Wildman–Crippen LogP) is 5.00. The fourth-order valence-electron chi connectivity index (χ4n) is 2.60. The average molecular weight is 320 g/mol. The highest BCUT2D eigenvalue weighted by Crippen LogP contribution is 2.67. The van der Waals surface area contributed by atoms with Crippen molar-refractivity contribution in [3.8, 4) is 0 Å². The second-order valence-corrected chi connectivity index (χ2v) is 9.18. The van der Waals surface area contributed by atoms with Crippen molar-refractivity contribution in [1.82, 2.24) is 0 Å². The predicted molar refractivity (Wildman–Crippen MR) is 82.4 cm³/mol. The Balaban J connectivity index is 2.30. The van der Waals surface area contributed by atoms with Crippen LogP contribution in [0.3, 0.4) is 0 Å². The van der Waals surface area contributed by atoms with E-state index in [1.54, 1.807) is 12.2 Å². The van der Waals surface area contributed by atoms with E-state index >= 15 is 0 Å². The molecule has 0 spiro atoms. The molecule has 2 atom stereocenters. The molecule has 0 aromatic carbocycles. The second-order valence-electron chi connectivity index (χ2n) is 4.69. The van der Waals surface area contributed by atoms with Gasteiger partial charge < -0.3 is 0 Å². The van der Waals surface area contributed by atoms with Gasteiger partial charge in [0.25, 0.3) is 0 Å². The Kier molecular flexibility index (Phi) is 2.84. The SMILES string of the molecule is CC12SC(S)=CC1=C(F)C(F)=C1C=C(S)SC12C. The van der Waals surface area contributed by atoms with Crippen LogP contribution in [0.25, 0.3) is 0 Å². The third-order valence-corrected chi connectivity index (χ3v) is 7.42. The lowest BCUT2D eigenvalue weighted by molar-refractivity contribution is 0.477. The van der Waals surface area contributed by atoms with Crippen LogP contribution in [0.5, 0.6) is 0 Å². The zero-order valence-corrected chi connectivity index (χ0v) is 13.0. The Morgan fingerprint density at radius 2 is 1.22 bits per heavy atom. The van der Waals surface area contributed by atoms with Crippen molar-refractivity contribution in [3.05, 3.63) is 43.4 Å². The van der Waals surface area contributed by atoms with Crippen molar-refractivity contribution in [2.24, 2.45) is 0 Å². The van der Waals surface area contributed by atoms with Gasteiger partial charge in [-0.3, -0.25) is 0 Å². The highest BCUT2D eigenvalue weighted by Gasteiger charge is 2.59. The Hall–Kier alpha value is 0.220. The van der Waals surface area contributed by atoms with Crippen LogP contribution in [0.15, 0.2) is 43.4 Å². The summed E-state index contributed by atoms with van der Waals surface area (Å²) in [6.07, 6.45) is 3.25. The molecule has 0 amide bonds.